The number of hydrogen-bond acceptors (Lipinski definition) is 3. The molecule has 3 heteroatoms. The molecule has 0 aliphatic heterocycles. The molecule has 206 valence electrons. The van der Waals surface area contributed by atoms with Gasteiger partial charge in [0.25, 0.3) is 0 Å². The molecule has 0 spiro atoms. The van der Waals surface area contributed by atoms with E-state index in [0.717, 1.165) is 38.6 Å². The van der Waals surface area contributed by atoms with Crippen LogP contribution in [0, 0.1) is 0 Å². The first kappa shape index (κ1) is 25.8. The standard InChI is InChI=1S/C41H27N3/c1-3-12-28(13-4-1)29-22-24-32(25-23-29)40-42-39(31-15-5-2-6-16-31)43-41(44-40)38-27-34(26-33-17-8-10-20-36(33)38)37-21-11-18-30-14-7-9-19-35(30)37/h1-27H. The molecule has 8 rings (SSSR count). The number of aromatic nitrogens is 3. The quantitative estimate of drug-likeness (QED) is 0.210. The molecule has 0 amide bonds. The smallest absolute Gasteiger partial charge is 0.164 e. The molecule has 0 unspecified atom stereocenters. The SMILES string of the molecule is c1ccc(-c2ccc(-c3nc(-c4ccccc4)nc(-c4cc(-c5cccc6ccccc56)cc5ccccc45)n3)cc2)cc1. The molecule has 1 aromatic heterocycles. The van der Waals surface area contributed by atoms with E-state index in [1.165, 1.54) is 21.9 Å². The Hall–Kier alpha value is -5.93. The summed E-state index contributed by atoms with van der Waals surface area (Å²) in [6.07, 6.45) is 0. The maximum atomic E-state index is 5.13. The van der Waals surface area contributed by atoms with Crippen molar-refractivity contribution in [2.24, 2.45) is 0 Å². The summed E-state index contributed by atoms with van der Waals surface area (Å²) in [4.78, 5) is 15.2. The van der Waals surface area contributed by atoms with Crippen molar-refractivity contribution < 1.29 is 0 Å². The second-order valence-corrected chi connectivity index (χ2v) is 10.9. The minimum atomic E-state index is 0.646. The predicted molar refractivity (Wildman–Crippen MR) is 182 cm³/mol. The van der Waals surface area contributed by atoms with E-state index < -0.39 is 0 Å². The summed E-state index contributed by atoms with van der Waals surface area (Å²) in [6, 6.07) is 57.0. The fourth-order valence-corrected chi connectivity index (χ4v) is 5.91. The van der Waals surface area contributed by atoms with E-state index in [2.05, 4.69) is 127 Å². The molecule has 0 N–H and O–H groups in total. The van der Waals surface area contributed by atoms with Crippen molar-refractivity contribution in [1.29, 1.82) is 0 Å². The fourth-order valence-electron chi connectivity index (χ4n) is 5.91. The van der Waals surface area contributed by atoms with Crippen LogP contribution in [0.15, 0.2) is 164 Å². The average molecular weight is 562 g/mol. The second kappa shape index (κ2) is 11.0. The van der Waals surface area contributed by atoms with E-state index in [1.54, 1.807) is 0 Å². The van der Waals surface area contributed by atoms with Gasteiger partial charge in [-0.2, -0.15) is 0 Å². The number of nitrogens with zero attached hydrogens (tertiary/aromatic N) is 3. The normalized spacial score (nSPS) is 11.2. The Labute approximate surface area is 256 Å². The third kappa shape index (κ3) is 4.81. The number of hydrogen-bond donors (Lipinski definition) is 0. The van der Waals surface area contributed by atoms with E-state index in [9.17, 15) is 0 Å². The second-order valence-electron chi connectivity index (χ2n) is 10.9. The lowest BCUT2D eigenvalue weighted by atomic mass is 9.93. The van der Waals surface area contributed by atoms with Gasteiger partial charge in [0.05, 0.1) is 0 Å². The monoisotopic (exact) mass is 561 g/mol. The van der Waals surface area contributed by atoms with Crippen LogP contribution in [0.3, 0.4) is 0 Å². The largest absolute Gasteiger partial charge is 0.208 e. The van der Waals surface area contributed by atoms with Gasteiger partial charge in [-0.3, -0.25) is 0 Å². The third-order valence-electron chi connectivity index (χ3n) is 8.12. The zero-order valence-corrected chi connectivity index (χ0v) is 23.9. The maximum Gasteiger partial charge on any atom is 0.164 e. The van der Waals surface area contributed by atoms with Crippen LogP contribution in [-0.2, 0) is 0 Å². The van der Waals surface area contributed by atoms with Gasteiger partial charge < -0.3 is 0 Å². The van der Waals surface area contributed by atoms with Crippen LogP contribution in [0.4, 0.5) is 0 Å². The highest BCUT2D eigenvalue weighted by atomic mass is 15.0. The summed E-state index contributed by atoms with van der Waals surface area (Å²) in [5.74, 6) is 1.95. The highest BCUT2D eigenvalue weighted by Crippen LogP contribution is 2.37. The summed E-state index contributed by atoms with van der Waals surface area (Å²) >= 11 is 0. The third-order valence-corrected chi connectivity index (χ3v) is 8.12. The van der Waals surface area contributed by atoms with E-state index >= 15 is 0 Å². The van der Waals surface area contributed by atoms with Gasteiger partial charge in [-0.05, 0) is 55.9 Å². The summed E-state index contributed by atoms with van der Waals surface area (Å²) < 4.78 is 0. The Kier molecular flexibility index (Phi) is 6.47. The minimum absolute atomic E-state index is 0.646. The molecule has 0 saturated heterocycles. The summed E-state index contributed by atoms with van der Waals surface area (Å²) in [5.41, 5.74) is 7.52. The van der Waals surface area contributed by atoms with Gasteiger partial charge in [-0.1, -0.05) is 152 Å². The first-order chi connectivity index (χ1) is 21.8. The highest BCUT2D eigenvalue weighted by molar-refractivity contribution is 6.03. The Bertz CT molecular complexity index is 2250. The summed E-state index contributed by atoms with van der Waals surface area (Å²) in [6.45, 7) is 0. The lowest BCUT2D eigenvalue weighted by Crippen LogP contribution is -2.01. The molecule has 0 radical (unpaired) electrons. The Morgan fingerprint density at radius 2 is 0.750 bits per heavy atom. The molecule has 0 aliphatic rings. The Morgan fingerprint density at radius 3 is 1.45 bits per heavy atom. The maximum absolute atomic E-state index is 5.13. The van der Waals surface area contributed by atoms with Crippen LogP contribution >= 0.6 is 0 Å². The fraction of sp³-hybridized carbons (Fsp3) is 0. The van der Waals surface area contributed by atoms with Crippen molar-refractivity contribution in [1.82, 2.24) is 15.0 Å². The van der Waals surface area contributed by atoms with E-state index in [1.807, 2.05) is 36.4 Å². The van der Waals surface area contributed by atoms with Crippen molar-refractivity contribution in [2.45, 2.75) is 0 Å². The zero-order chi connectivity index (χ0) is 29.3. The average Bonchev–Trinajstić information content (AvgIpc) is 3.11. The van der Waals surface area contributed by atoms with Gasteiger partial charge in [0, 0.05) is 16.7 Å². The van der Waals surface area contributed by atoms with Gasteiger partial charge in [-0.15, -0.1) is 0 Å². The summed E-state index contributed by atoms with van der Waals surface area (Å²) in [5, 5.41) is 4.68. The van der Waals surface area contributed by atoms with Gasteiger partial charge in [0.1, 0.15) is 0 Å². The molecule has 0 bridgehead atoms. The number of benzene rings is 7. The number of fused-ring (bicyclic) bond motifs is 2. The van der Waals surface area contributed by atoms with Crippen molar-refractivity contribution in [3.63, 3.8) is 0 Å². The van der Waals surface area contributed by atoms with Gasteiger partial charge >= 0.3 is 0 Å². The van der Waals surface area contributed by atoms with Crippen LogP contribution in [0.25, 0.3) is 78.0 Å². The first-order valence-corrected chi connectivity index (χ1v) is 14.8. The molecule has 3 nitrogen and oxygen atoms in total. The van der Waals surface area contributed by atoms with Crippen LogP contribution in [-0.4, -0.2) is 15.0 Å². The minimum Gasteiger partial charge on any atom is -0.208 e. The van der Waals surface area contributed by atoms with Gasteiger partial charge in [0.2, 0.25) is 0 Å². The molecule has 44 heavy (non-hydrogen) atoms. The molecule has 8 aromatic rings. The van der Waals surface area contributed by atoms with E-state index in [0.29, 0.717) is 17.5 Å². The molecule has 1 heterocycles. The predicted octanol–water partition coefficient (Wildman–Crippen LogP) is 10.5. The van der Waals surface area contributed by atoms with Gasteiger partial charge in [0.15, 0.2) is 17.5 Å². The molecule has 0 fully saturated rings. The van der Waals surface area contributed by atoms with E-state index in [-0.39, 0.29) is 0 Å². The zero-order valence-electron chi connectivity index (χ0n) is 23.9. The van der Waals surface area contributed by atoms with Crippen molar-refractivity contribution in [3.8, 4) is 56.4 Å². The Morgan fingerprint density at radius 1 is 0.273 bits per heavy atom. The topological polar surface area (TPSA) is 38.7 Å². The first-order valence-electron chi connectivity index (χ1n) is 14.8. The number of rotatable bonds is 5. The van der Waals surface area contributed by atoms with Crippen molar-refractivity contribution in [3.05, 3.63) is 164 Å². The van der Waals surface area contributed by atoms with Crippen LogP contribution < -0.4 is 0 Å². The molecule has 0 saturated carbocycles. The molecular weight excluding hydrogens is 534 g/mol. The summed E-state index contributed by atoms with van der Waals surface area (Å²) in [7, 11) is 0. The molecule has 7 aromatic carbocycles. The highest BCUT2D eigenvalue weighted by Gasteiger charge is 2.16. The molecule has 0 atom stereocenters. The van der Waals surface area contributed by atoms with Crippen LogP contribution in [0.1, 0.15) is 0 Å². The van der Waals surface area contributed by atoms with Crippen LogP contribution in [0.5, 0.6) is 0 Å². The molecular formula is C41H27N3. The molecule has 0 aliphatic carbocycles. The van der Waals surface area contributed by atoms with Crippen LogP contribution in [0.2, 0.25) is 0 Å². The lowest BCUT2D eigenvalue weighted by molar-refractivity contribution is 1.08. The van der Waals surface area contributed by atoms with E-state index in [4.69, 9.17) is 15.0 Å². The lowest BCUT2D eigenvalue weighted by Gasteiger charge is -2.14. The Balaban J connectivity index is 1.34. The van der Waals surface area contributed by atoms with Crippen molar-refractivity contribution in [2.75, 3.05) is 0 Å². The van der Waals surface area contributed by atoms with Gasteiger partial charge in [-0.25, -0.2) is 15.0 Å². The van der Waals surface area contributed by atoms with Crippen molar-refractivity contribution >= 4 is 21.5 Å².